The predicted molar refractivity (Wildman–Crippen MR) is 73.9 cm³/mol. The van der Waals surface area contributed by atoms with Crippen LogP contribution in [0.2, 0.25) is 0 Å². The van der Waals surface area contributed by atoms with Crippen LogP contribution in [0.15, 0.2) is 11.4 Å². The summed E-state index contributed by atoms with van der Waals surface area (Å²) in [5.74, 6) is 5.04. The summed E-state index contributed by atoms with van der Waals surface area (Å²) in [5, 5.41) is 12.8. The topological polar surface area (TPSA) is 69.6 Å². The van der Waals surface area contributed by atoms with Crippen molar-refractivity contribution in [3.05, 3.63) is 21.9 Å². The minimum Gasteiger partial charge on any atom is -0.384 e. The van der Waals surface area contributed by atoms with Crippen LogP contribution in [-0.4, -0.2) is 49.1 Å². The Morgan fingerprint density at radius 1 is 1.53 bits per heavy atom. The number of nitrogens with one attached hydrogen (secondary N) is 1. The van der Waals surface area contributed by atoms with E-state index >= 15 is 0 Å². The molecule has 0 spiro atoms. The molecule has 0 fully saturated rings. The summed E-state index contributed by atoms with van der Waals surface area (Å²) < 4.78 is 0. The van der Waals surface area contributed by atoms with E-state index in [0.717, 1.165) is 4.88 Å². The van der Waals surface area contributed by atoms with Gasteiger partial charge in [-0.05, 0) is 6.07 Å². The smallest absolute Gasteiger partial charge is 0.254 e. The number of carbonyl (C=O) groups is 2. The Labute approximate surface area is 116 Å². The molecule has 0 atom stereocenters. The fourth-order valence-corrected chi connectivity index (χ4v) is 2.11. The highest BCUT2D eigenvalue weighted by Gasteiger charge is 2.14. The molecule has 6 heteroatoms. The van der Waals surface area contributed by atoms with Gasteiger partial charge < -0.3 is 15.3 Å². The highest BCUT2D eigenvalue weighted by Crippen LogP contribution is 2.15. The second-order valence-electron chi connectivity index (χ2n) is 3.81. The SMILES string of the molecule is CNC(=O)CCN(C)C(=O)c1csc(C#CCO)c1. The normalized spacial score (nSPS) is 9.42. The van der Waals surface area contributed by atoms with Crippen LogP contribution in [-0.2, 0) is 4.79 Å². The predicted octanol–water partition coefficient (Wildman–Crippen LogP) is 0.300. The van der Waals surface area contributed by atoms with Gasteiger partial charge >= 0.3 is 0 Å². The van der Waals surface area contributed by atoms with Gasteiger partial charge in [-0.25, -0.2) is 0 Å². The molecule has 0 unspecified atom stereocenters. The van der Waals surface area contributed by atoms with Crippen molar-refractivity contribution < 1.29 is 14.7 Å². The molecule has 0 aliphatic rings. The minimum atomic E-state index is -0.201. The molecule has 0 saturated carbocycles. The van der Waals surface area contributed by atoms with Gasteiger partial charge in [0.2, 0.25) is 5.91 Å². The van der Waals surface area contributed by atoms with E-state index in [1.807, 2.05) is 0 Å². The summed E-state index contributed by atoms with van der Waals surface area (Å²) in [5.41, 5.74) is 0.548. The van der Waals surface area contributed by atoms with Gasteiger partial charge in [-0.1, -0.05) is 11.8 Å². The summed E-state index contributed by atoms with van der Waals surface area (Å²) in [6.07, 6.45) is 0.278. The summed E-state index contributed by atoms with van der Waals surface area (Å²) in [7, 11) is 3.22. The number of thiophene rings is 1. The van der Waals surface area contributed by atoms with Gasteiger partial charge in [0, 0.05) is 32.4 Å². The van der Waals surface area contributed by atoms with Crippen LogP contribution >= 0.6 is 11.3 Å². The first kappa shape index (κ1) is 15.2. The minimum absolute atomic E-state index is 0.0977. The quantitative estimate of drug-likeness (QED) is 0.779. The van der Waals surface area contributed by atoms with Crippen LogP contribution in [0.5, 0.6) is 0 Å². The number of aliphatic hydroxyl groups is 1. The van der Waals surface area contributed by atoms with Crippen molar-refractivity contribution >= 4 is 23.2 Å². The number of rotatable bonds is 4. The molecule has 1 aromatic heterocycles. The van der Waals surface area contributed by atoms with E-state index in [1.54, 1.807) is 25.5 Å². The second kappa shape index (κ2) is 7.56. The number of hydrogen-bond donors (Lipinski definition) is 2. The largest absolute Gasteiger partial charge is 0.384 e. The molecule has 2 amide bonds. The van der Waals surface area contributed by atoms with E-state index < -0.39 is 0 Å². The van der Waals surface area contributed by atoms with E-state index in [2.05, 4.69) is 17.2 Å². The summed E-state index contributed by atoms with van der Waals surface area (Å²) >= 11 is 1.35. The van der Waals surface area contributed by atoms with Crippen LogP contribution < -0.4 is 5.32 Å². The van der Waals surface area contributed by atoms with Gasteiger partial charge in [0.1, 0.15) is 6.61 Å². The van der Waals surface area contributed by atoms with Gasteiger partial charge in [0.05, 0.1) is 10.4 Å². The zero-order valence-electron chi connectivity index (χ0n) is 10.9. The molecule has 0 aliphatic heterocycles. The van der Waals surface area contributed by atoms with Crippen molar-refractivity contribution in [3.8, 4) is 11.8 Å². The average Bonchev–Trinajstić information content (AvgIpc) is 2.89. The van der Waals surface area contributed by atoms with Crippen molar-refractivity contribution in [1.82, 2.24) is 10.2 Å². The molecule has 19 heavy (non-hydrogen) atoms. The Hall–Kier alpha value is -1.84. The van der Waals surface area contributed by atoms with Crippen LogP contribution in [0.3, 0.4) is 0 Å². The molecule has 2 N–H and O–H groups in total. The van der Waals surface area contributed by atoms with Crippen LogP contribution in [0.4, 0.5) is 0 Å². The lowest BCUT2D eigenvalue weighted by Crippen LogP contribution is -2.31. The molecule has 0 radical (unpaired) electrons. The summed E-state index contributed by atoms with van der Waals surface area (Å²) in [4.78, 5) is 25.4. The average molecular weight is 280 g/mol. The highest BCUT2D eigenvalue weighted by atomic mass is 32.1. The molecular weight excluding hydrogens is 264 g/mol. The van der Waals surface area contributed by atoms with Crippen LogP contribution in [0.1, 0.15) is 21.7 Å². The van der Waals surface area contributed by atoms with Crippen molar-refractivity contribution in [2.24, 2.45) is 0 Å². The fraction of sp³-hybridized carbons (Fsp3) is 0.385. The number of aliphatic hydroxyl groups excluding tert-OH is 1. The van der Waals surface area contributed by atoms with E-state index in [9.17, 15) is 9.59 Å². The first-order chi connectivity index (χ1) is 9.08. The van der Waals surface area contributed by atoms with Crippen molar-refractivity contribution in [3.63, 3.8) is 0 Å². The maximum atomic E-state index is 12.0. The standard InChI is InChI=1S/C13H16N2O3S/c1-14-12(17)5-6-15(2)13(18)10-8-11(19-9-10)4-3-7-16/h8-9,16H,5-7H2,1-2H3,(H,14,17). The van der Waals surface area contributed by atoms with E-state index in [0.29, 0.717) is 12.1 Å². The Kier molecular flexibility index (Phi) is 6.06. The van der Waals surface area contributed by atoms with E-state index in [4.69, 9.17) is 5.11 Å². The van der Waals surface area contributed by atoms with Gasteiger partial charge in [0.25, 0.3) is 5.91 Å². The van der Waals surface area contributed by atoms with Gasteiger partial charge in [0.15, 0.2) is 0 Å². The monoisotopic (exact) mass is 280 g/mol. The molecule has 1 heterocycles. The third-order valence-electron chi connectivity index (χ3n) is 2.44. The maximum absolute atomic E-state index is 12.0. The van der Waals surface area contributed by atoms with Crippen molar-refractivity contribution in [2.75, 3.05) is 27.2 Å². The number of carbonyl (C=O) groups excluding carboxylic acids is 2. The lowest BCUT2D eigenvalue weighted by Gasteiger charge is -2.15. The van der Waals surface area contributed by atoms with E-state index in [-0.39, 0.29) is 24.8 Å². The lowest BCUT2D eigenvalue weighted by molar-refractivity contribution is -0.120. The first-order valence-electron chi connectivity index (χ1n) is 5.72. The summed E-state index contributed by atoms with van der Waals surface area (Å²) in [6, 6.07) is 1.69. The third-order valence-corrected chi connectivity index (χ3v) is 3.28. The van der Waals surface area contributed by atoms with Crippen molar-refractivity contribution in [1.29, 1.82) is 0 Å². The second-order valence-corrected chi connectivity index (χ2v) is 4.72. The zero-order chi connectivity index (χ0) is 14.3. The van der Waals surface area contributed by atoms with Gasteiger partial charge in [-0.15, -0.1) is 11.3 Å². The molecular formula is C13H16N2O3S. The molecule has 0 saturated heterocycles. The van der Waals surface area contributed by atoms with E-state index in [1.165, 1.54) is 16.2 Å². The molecule has 1 aromatic rings. The Morgan fingerprint density at radius 2 is 2.26 bits per heavy atom. The van der Waals surface area contributed by atoms with Gasteiger partial charge in [-0.3, -0.25) is 9.59 Å². The molecule has 0 aliphatic carbocycles. The Balaban J connectivity index is 2.61. The molecule has 0 bridgehead atoms. The molecule has 1 rings (SSSR count). The third kappa shape index (κ3) is 4.73. The molecule has 5 nitrogen and oxygen atoms in total. The molecule has 0 aromatic carbocycles. The van der Waals surface area contributed by atoms with Crippen molar-refractivity contribution in [2.45, 2.75) is 6.42 Å². The first-order valence-corrected chi connectivity index (χ1v) is 6.60. The van der Waals surface area contributed by atoms with Gasteiger partial charge in [-0.2, -0.15) is 0 Å². The highest BCUT2D eigenvalue weighted by molar-refractivity contribution is 7.10. The Morgan fingerprint density at radius 3 is 2.89 bits per heavy atom. The van der Waals surface area contributed by atoms with Crippen LogP contribution in [0, 0.1) is 11.8 Å². The van der Waals surface area contributed by atoms with Crippen LogP contribution in [0.25, 0.3) is 0 Å². The number of nitrogens with zero attached hydrogens (tertiary/aromatic N) is 1. The zero-order valence-corrected chi connectivity index (χ0v) is 11.7. The Bertz CT molecular complexity index is 513. The lowest BCUT2D eigenvalue weighted by atomic mass is 10.2. The molecule has 102 valence electrons. The summed E-state index contributed by atoms with van der Waals surface area (Å²) in [6.45, 7) is 0.166. The number of hydrogen-bond acceptors (Lipinski definition) is 4. The fourth-order valence-electron chi connectivity index (χ4n) is 1.36. The number of amides is 2. The maximum Gasteiger partial charge on any atom is 0.254 e.